The minimum absolute atomic E-state index is 0.0931. The lowest BCUT2D eigenvalue weighted by Gasteiger charge is -2.29. The molecule has 0 heterocycles. The lowest BCUT2D eigenvalue weighted by atomic mass is 9.95. The van der Waals surface area contributed by atoms with Crippen molar-refractivity contribution in [2.24, 2.45) is 5.92 Å². The molecule has 0 radical (unpaired) electrons. The molecule has 0 saturated heterocycles. The molecule has 8 heteroatoms. The van der Waals surface area contributed by atoms with Crippen molar-refractivity contribution in [3.05, 3.63) is 59.7 Å². The van der Waals surface area contributed by atoms with Gasteiger partial charge in [-0.15, -0.1) is 0 Å². The van der Waals surface area contributed by atoms with Gasteiger partial charge in [-0.1, -0.05) is 48.5 Å². The summed E-state index contributed by atoms with van der Waals surface area (Å²) in [6.45, 7) is 1.85. The molecular formula is C26H31N3O5. The monoisotopic (exact) mass is 465 g/mol. The van der Waals surface area contributed by atoms with E-state index in [0.29, 0.717) is 0 Å². The molecule has 2 aliphatic rings. The number of benzene rings is 2. The molecular weight excluding hydrogens is 434 g/mol. The van der Waals surface area contributed by atoms with Crippen LogP contribution in [0, 0.1) is 5.92 Å². The summed E-state index contributed by atoms with van der Waals surface area (Å²) >= 11 is 0. The van der Waals surface area contributed by atoms with Crippen molar-refractivity contribution in [3.8, 4) is 11.1 Å². The number of nitrogens with one attached hydrogen (secondary N) is 2. The summed E-state index contributed by atoms with van der Waals surface area (Å²) in [5.41, 5.74) is 3.10. The van der Waals surface area contributed by atoms with Crippen LogP contribution in [0.25, 0.3) is 11.1 Å². The highest BCUT2D eigenvalue weighted by atomic mass is 16.5. The maximum atomic E-state index is 13.0. The summed E-state index contributed by atoms with van der Waals surface area (Å²) in [6.07, 6.45) is 0.787. The molecule has 1 saturated carbocycles. The van der Waals surface area contributed by atoms with Crippen LogP contribution in [0.3, 0.4) is 0 Å². The highest BCUT2D eigenvalue weighted by Crippen LogP contribution is 2.44. The molecule has 0 bridgehead atoms. The van der Waals surface area contributed by atoms with E-state index in [9.17, 15) is 19.5 Å². The second-order valence-corrected chi connectivity index (χ2v) is 9.56. The molecule has 2 aromatic rings. The van der Waals surface area contributed by atoms with Crippen LogP contribution in [0.2, 0.25) is 0 Å². The number of hydrogen-bond donors (Lipinski definition) is 3. The molecule has 0 aromatic heterocycles. The zero-order valence-electron chi connectivity index (χ0n) is 19.7. The molecule has 2 aliphatic carbocycles. The molecule has 0 aliphatic heterocycles. The number of carbonyl (C=O) groups excluding carboxylic acids is 2. The van der Waals surface area contributed by atoms with Gasteiger partial charge in [-0.25, -0.2) is 9.59 Å². The number of amides is 2. The van der Waals surface area contributed by atoms with Crippen molar-refractivity contribution >= 4 is 18.0 Å². The molecule has 2 amide bonds. The molecule has 180 valence electrons. The van der Waals surface area contributed by atoms with Gasteiger partial charge in [0.25, 0.3) is 0 Å². The molecule has 3 N–H and O–H groups in total. The Morgan fingerprint density at radius 3 is 2.12 bits per heavy atom. The Morgan fingerprint density at radius 2 is 1.62 bits per heavy atom. The van der Waals surface area contributed by atoms with Gasteiger partial charge in [-0.3, -0.25) is 4.79 Å². The van der Waals surface area contributed by atoms with Crippen LogP contribution in [-0.2, 0) is 14.3 Å². The van der Waals surface area contributed by atoms with Crippen molar-refractivity contribution in [2.75, 3.05) is 27.2 Å². The van der Waals surface area contributed by atoms with E-state index in [4.69, 9.17) is 4.74 Å². The fourth-order valence-electron chi connectivity index (χ4n) is 4.68. The summed E-state index contributed by atoms with van der Waals surface area (Å²) in [6, 6.07) is 15.1. The van der Waals surface area contributed by atoms with E-state index in [0.717, 1.165) is 35.1 Å². The predicted octanol–water partition coefficient (Wildman–Crippen LogP) is 2.82. The summed E-state index contributed by atoms with van der Waals surface area (Å²) in [4.78, 5) is 39.3. The van der Waals surface area contributed by atoms with Crippen LogP contribution in [0.5, 0.6) is 0 Å². The number of alkyl carbamates (subject to hydrolysis) is 1. The van der Waals surface area contributed by atoms with Crippen molar-refractivity contribution in [2.45, 2.75) is 37.3 Å². The van der Waals surface area contributed by atoms with E-state index in [1.54, 1.807) is 19.0 Å². The van der Waals surface area contributed by atoms with Crippen LogP contribution < -0.4 is 10.6 Å². The minimum atomic E-state index is -1.36. The average Bonchev–Trinajstić information content (AvgIpc) is 3.60. The molecule has 8 nitrogen and oxygen atoms in total. The molecule has 1 fully saturated rings. The number of carboxylic acid groups (broad SMARTS) is 1. The van der Waals surface area contributed by atoms with Gasteiger partial charge in [0.15, 0.2) is 0 Å². The lowest BCUT2D eigenvalue weighted by molar-refractivity contribution is -0.148. The molecule has 2 atom stereocenters. The largest absolute Gasteiger partial charge is 0.480 e. The van der Waals surface area contributed by atoms with Gasteiger partial charge >= 0.3 is 12.1 Å². The van der Waals surface area contributed by atoms with Gasteiger partial charge in [0.1, 0.15) is 18.2 Å². The highest BCUT2D eigenvalue weighted by molar-refractivity contribution is 5.91. The Morgan fingerprint density at radius 1 is 1.06 bits per heavy atom. The summed E-state index contributed by atoms with van der Waals surface area (Å²) < 4.78 is 5.57. The molecule has 0 spiro atoms. The molecule has 34 heavy (non-hydrogen) atoms. The van der Waals surface area contributed by atoms with Crippen molar-refractivity contribution in [3.63, 3.8) is 0 Å². The van der Waals surface area contributed by atoms with Crippen LogP contribution in [0.1, 0.15) is 36.8 Å². The molecule has 4 rings (SSSR count). The van der Waals surface area contributed by atoms with Crippen LogP contribution in [0.4, 0.5) is 4.79 Å². The quantitative estimate of drug-likeness (QED) is 0.526. The van der Waals surface area contributed by atoms with E-state index >= 15 is 0 Å². The molecule has 1 unspecified atom stereocenters. The number of fused-ring (bicyclic) bond motifs is 3. The molecule has 2 aromatic carbocycles. The SMILES string of the molecule is CN(C)C[C@H](NC(=O)OCC1c2ccccc2-c2ccccc21)C(=O)NC(C)(C(=O)O)C1CC1. The van der Waals surface area contributed by atoms with Gasteiger partial charge in [0, 0.05) is 12.5 Å². The van der Waals surface area contributed by atoms with E-state index in [1.807, 2.05) is 36.4 Å². The number of carbonyl (C=O) groups is 3. The Hall–Kier alpha value is -3.39. The van der Waals surface area contributed by atoms with Crippen molar-refractivity contribution in [1.82, 2.24) is 15.5 Å². The van der Waals surface area contributed by atoms with E-state index in [-0.39, 0.29) is 25.0 Å². The number of carboxylic acids is 1. The van der Waals surface area contributed by atoms with Crippen LogP contribution in [-0.4, -0.2) is 66.8 Å². The van der Waals surface area contributed by atoms with Gasteiger partial charge in [-0.05, 0) is 62.0 Å². The number of rotatable bonds is 9. The number of aliphatic carboxylic acids is 1. The normalized spacial score (nSPS) is 17.3. The van der Waals surface area contributed by atoms with E-state index < -0.39 is 29.6 Å². The smallest absolute Gasteiger partial charge is 0.407 e. The second kappa shape index (κ2) is 9.46. The first-order valence-electron chi connectivity index (χ1n) is 11.5. The fourth-order valence-corrected chi connectivity index (χ4v) is 4.68. The predicted molar refractivity (Wildman–Crippen MR) is 127 cm³/mol. The Kier molecular flexibility index (Phi) is 6.61. The topological polar surface area (TPSA) is 108 Å². The third-order valence-corrected chi connectivity index (χ3v) is 6.72. The fraction of sp³-hybridized carbons (Fsp3) is 0.423. The van der Waals surface area contributed by atoms with E-state index in [2.05, 4.69) is 22.8 Å². The van der Waals surface area contributed by atoms with Gasteiger partial charge in [0.2, 0.25) is 5.91 Å². The van der Waals surface area contributed by atoms with Gasteiger partial charge in [0.05, 0.1) is 0 Å². The zero-order valence-corrected chi connectivity index (χ0v) is 19.7. The van der Waals surface area contributed by atoms with Gasteiger partial charge < -0.3 is 25.4 Å². The second-order valence-electron chi connectivity index (χ2n) is 9.56. The number of hydrogen-bond acceptors (Lipinski definition) is 5. The standard InChI is InChI=1S/C26H31N3O5/c1-26(24(31)32,16-12-13-16)28-23(30)22(14-29(2)3)27-25(33)34-15-21-19-10-6-4-8-17(19)18-9-5-7-11-20(18)21/h4-11,16,21-22H,12-15H2,1-3H3,(H,27,33)(H,28,30)(H,31,32)/t22-,26?/m0/s1. The van der Waals surface area contributed by atoms with Crippen molar-refractivity contribution in [1.29, 1.82) is 0 Å². The summed E-state index contributed by atoms with van der Waals surface area (Å²) in [7, 11) is 3.55. The third-order valence-electron chi connectivity index (χ3n) is 6.72. The summed E-state index contributed by atoms with van der Waals surface area (Å²) in [5.74, 6) is -1.82. The zero-order chi connectivity index (χ0) is 24.5. The van der Waals surface area contributed by atoms with Crippen molar-refractivity contribution < 1.29 is 24.2 Å². The Labute approximate surface area is 199 Å². The van der Waals surface area contributed by atoms with E-state index in [1.165, 1.54) is 6.92 Å². The van der Waals surface area contributed by atoms with Gasteiger partial charge in [-0.2, -0.15) is 0 Å². The number of nitrogens with zero attached hydrogens (tertiary/aromatic N) is 1. The first-order chi connectivity index (χ1) is 16.2. The number of ether oxygens (including phenoxy) is 1. The Balaban J connectivity index is 1.43. The maximum Gasteiger partial charge on any atom is 0.407 e. The number of likely N-dealkylation sites (N-methyl/N-ethyl adjacent to an activating group) is 1. The Bertz CT molecular complexity index is 1050. The van der Waals surface area contributed by atoms with Crippen LogP contribution in [0.15, 0.2) is 48.5 Å². The third kappa shape index (κ3) is 4.77. The highest BCUT2D eigenvalue weighted by Gasteiger charge is 2.49. The minimum Gasteiger partial charge on any atom is -0.480 e. The van der Waals surface area contributed by atoms with Crippen LogP contribution >= 0.6 is 0 Å². The lowest BCUT2D eigenvalue weighted by Crippen LogP contribution is -2.60. The summed E-state index contributed by atoms with van der Waals surface area (Å²) in [5, 5.41) is 15.0. The average molecular weight is 466 g/mol. The first-order valence-corrected chi connectivity index (χ1v) is 11.5. The maximum absolute atomic E-state index is 13.0. The first kappa shape index (κ1) is 23.8.